The molecule has 0 spiro atoms. The second-order valence-corrected chi connectivity index (χ2v) is 9.88. The number of hydrogen-bond donors (Lipinski definition) is 1. The monoisotopic (exact) mass is 448 g/mol. The van der Waals surface area contributed by atoms with Crippen molar-refractivity contribution < 1.29 is 4.79 Å². The van der Waals surface area contributed by atoms with Crippen LogP contribution >= 0.6 is 34.4 Å². The molecule has 10 heteroatoms. The number of rotatable bonds is 8. The number of anilines is 1. The Morgan fingerprint density at radius 2 is 2.07 bits per heavy atom. The molecule has 0 saturated heterocycles. The molecule has 1 aliphatic carbocycles. The highest BCUT2D eigenvalue weighted by molar-refractivity contribution is 7.99. The minimum absolute atomic E-state index is 0.102. The number of carbonyl (C=O) groups is 1. The summed E-state index contributed by atoms with van der Waals surface area (Å²) in [6, 6.07) is 0. The Hall–Kier alpha value is -1.78. The molecule has 3 heterocycles. The molecule has 0 bridgehead atoms. The van der Waals surface area contributed by atoms with Crippen LogP contribution in [0.5, 0.6) is 0 Å². The van der Waals surface area contributed by atoms with Crippen LogP contribution in [0.4, 0.5) is 5.13 Å². The number of aromatic nitrogens is 5. The lowest BCUT2D eigenvalue weighted by atomic mass is 9.95. The zero-order valence-electron chi connectivity index (χ0n) is 16.6. The SMILES string of the molecule is CCCn1c(SCC(=O)Nc2nnc(CC)s2)nnc1-c1csc2c1CCCC2. The summed E-state index contributed by atoms with van der Waals surface area (Å²) in [5.41, 5.74) is 2.67. The van der Waals surface area contributed by atoms with Crippen LogP contribution in [0.1, 0.15) is 48.6 Å². The first-order chi connectivity index (χ1) is 14.2. The van der Waals surface area contributed by atoms with E-state index in [0.717, 1.165) is 41.8 Å². The maximum absolute atomic E-state index is 12.3. The molecule has 0 fully saturated rings. The number of amides is 1. The van der Waals surface area contributed by atoms with Gasteiger partial charge in [-0.05, 0) is 44.1 Å². The lowest BCUT2D eigenvalue weighted by Gasteiger charge is -2.13. The first-order valence-electron chi connectivity index (χ1n) is 9.97. The van der Waals surface area contributed by atoms with Crippen LogP contribution in [0.3, 0.4) is 0 Å². The molecular weight excluding hydrogens is 424 g/mol. The van der Waals surface area contributed by atoms with Crippen molar-refractivity contribution in [3.05, 3.63) is 20.8 Å². The summed E-state index contributed by atoms with van der Waals surface area (Å²) < 4.78 is 2.16. The second-order valence-electron chi connectivity index (χ2n) is 6.91. The summed E-state index contributed by atoms with van der Waals surface area (Å²) >= 11 is 4.68. The van der Waals surface area contributed by atoms with Gasteiger partial charge in [-0.3, -0.25) is 10.1 Å². The van der Waals surface area contributed by atoms with Crippen molar-refractivity contribution in [2.45, 2.75) is 64.1 Å². The minimum atomic E-state index is -0.102. The van der Waals surface area contributed by atoms with Gasteiger partial charge in [0.15, 0.2) is 11.0 Å². The average Bonchev–Trinajstić information content (AvgIpc) is 3.45. The van der Waals surface area contributed by atoms with E-state index in [1.807, 2.05) is 18.3 Å². The Morgan fingerprint density at radius 1 is 1.21 bits per heavy atom. The van der Waals surface area contributed by atoms with Crippen molar-refractivity contribution in [1.29, 1.82) is 0 Å². The van der Waals surface area contributed by atoms with Gasteiger partial charge in [-0.15, -0.1) is 31.7 Å². The van der Waals surface area contributed by atoms with Gasteiger partial charge in [0.05, 0.1) is 5.75 Å². The van der Waals surface area contributed by atoms with E-state index in [2.05, 4.69) is 42.6 Å². The Kier molecular flexibility index (Phi) is 6.61. The summed E-state index contributed by atoms with van der Waals surface area (Å²) in [6.45, 7) is 5.01. The molecular formula is C19H24N6OS3. The molecule has 1 amide bonds. The standard InChI is InChI=1S/C19H24N6OS3/c1-3-9-25-17(13-10-27-14-8-6-5-7-12(13)14)22-24-19(25)28-11-15(26)20-18-23-21-16(4-2)29-18/h10H,3-9,11H2,1-2H3,(H,20,23,26). The highest BCUT2D eigenvalue weighted by atomic mass is 32.2. The summed E-state index contributed by atoms with van der Waals surface area (Å²) in [4.78, 5) is 13.8. The third-order valence-electron chi connectivity index (χ3n) is 4.81. The fraction of sp³-hybridized carbons (Fsp3) is 0.526. The number of nitrogens with zero attached hydrogens (tertiary/aromatic N) is 5. The van der Waals surface area contributed by atoms with Gasteiger partial charge in [-0.1, -0.05) is 36.9 Å². The first kappa shape index (κ1) is 20.5. The zero-order valence-corrected chi connectivity index (χ0v) is 19.1. The van der Waals surface area contributed by atoms with Crippen molar-refractivity contribution >= 4 is 45.5 Å². The number of aryl methyl sites for hydroxylation is 2. The molecule has 3 aromatic rings. The Bertz CT molecular complexity index is 992. The van der Waals surface area contributed by atoms with Gasteiger partial charge < -0.3 is 4.57 Å². The molecule has 29 heavy (non-hydrogen) atoms. The first-order valence-corrected chi connectivity index (χ1v) is 12.7. The highest BCUT2D eigenvalue weighted by Gasteiger charge is 2.22. The number of thiophene rings is 1. The number of fused-ring (bicyclic) bond motifs is 1. The van der Waals surface area contributed by atoms with Crippen molar-refractivity contribution in [3.8, 4) is 11.4 Å². The second kappa shape index (κ2) is 9.36. The van der Waals surface area contributed by atoms with E-state index in [-0.39, 0.29) is 11.7 Å². The van der Waals surface area contributed by atoms with Crippen LogP contribution in [0, 0.1) is 0 Å². The van der Waals surface area contributed by atoms with Crippen molar-refractivity contribution in [1.82, 2.24) is 25.0 Å². The molecule has 154 valence electrons. The highest BCUT2D eigenvalue weighted by Crippen LogP contribution is 2.37. The maximum atomic E-state index is 12.3. The van der Waals surface area contributed by atoms with Crippen LogP contribution in [0.25, 0.3) is 11.4 Å². The van der Waals surface area contributed by atoms with E-state index in [0.29, 0.717) is 5.13 Å². The predicted molar refractivity (Wildman–Crippen MR) is 119 cm³/mol. The molecule has 0 unspecified atom stereocenters. The van der Waals surface area contributed by atoms with Gasteiger partial charge in [0.2, 0.25) is 11.0 Å². The molecule has 1 aliphatic rings. The summed E-state index contributed by atoms with van der Waals surface area (Å²) in [5.74, 6) is 1.10. The van der Waals surface area contributed by atoms with Gasteiger partial charge in [-0.25, -0.2) is 0 Å². The summed E-state index contributed by atoms with van der Waals surface area (Å²) in [6.07, 6.45) is 6.62. The summed E-state index contributed by atoms with van der Waals surface area (Å²) in [5, 5.41) is 24.3. The minimum Gasteiger partial charge on any atom is -0.302 e. The fourth-order valence-electron chi connectivity index (χ4n) is 3.43. The number of hydrogen-bond acceptors (Lipinski definition) is 8. The zero-order chi connectivity index (χ0) is 20.2. The molecule has 0 radical (unpaired) electrons. The molecule has 3 aromatic heterocycles. The number of carbonyl (C=O) groups excluding carboxylic acids is 1. The van der Waals surface area contributed by atoms with Gasteiger partial charge in [0.25, 0.3) is 0 Å². The van der Waals surface area contributed by atoms with Gasteiger partial charge in [0, 0.05) is 22.4 Å². The Balaban J connectivity index is 1.48. The number of nitrogens with one attached hydrogen (secondary N) is 1. The predicted octanol–water partition coefficient (Wildman–Crippen LogP) is 4.44. The molecule has 0 saturated carbocycles. The Morgan fingerprint density at radius 3 is 2.86 bits per heavy atom. The smallest absolute Gasteiger partial charge is 0.236 e. The molecule has 4 rings (SSSR count). The van der Waals surface area contributed by atoms with E-state index in [4.69, 9.17) is 0 Å². The lowest BCUT2D eigenvalue weighted by molar-refractivity contribution is -0.113. The van der Waals surface area contributed by atoms with Gasteiger partial charge in [-0.2, -0.15) is 0 Å². The normalized spacial score (nSPS) is 13.4. The third-order valence-corrected chi connectivity index (χ3v) is 7.85. The van der Waals surface area contributed by atoms with Gasteiger partial charge >= 0.3 is 0 Å². The lowest BCUT2D eigenvalue weighted by Crippen LogP contribution is -2.14. The van der Waals surface area contributed by atoms with Crippen molar-refractivity contribution in [2.75, 3.05) is 11.1 Å². The summed E-state index contributed by atoms with van der Waals surface area (Å²) in [7, 11) is 0. The van der Waals surface area contributed by atoms with E-state index in [9.17, 15) is 4.79 Å². The Labute approximate surface area is 182 Å². The average molecular weight is 449 g/mol. The van der Waals surface area contributed by atoms with E-state index in [1.54, 1.807) is 0 Å². The molecule has 0 aromatic carbocycles. The molecule has 7 nitrogen and oxygen atoms in total. The number of thioether (sulfide) groups is 1. The van der Waals surface area contributed by atoms with E-state index >= 15 is 0 Å². The van der Waals surface area contributed by atoms with Crippen molar-refractivity contribution in [2.24, 2.45) is 0 Å². The largest absolute Gasteiger partial charge is 0.302 e. The van der Waals surface area contributed by atoms with Crippen LogP contribution in [0.2, 0.25) is 0 Å². The topological polar surface area (TPSA) is 85.6 Å². The van der Waals surface area contributed by atoms with Crippen LogP contribution in [-0.2, 0) is 30.6 Å². The van der Waals surface area contributed by atoms with Crippen LogP contribution < -0.4 is 5.32 Å². The van der Waals surface area contributed by atoms with Crippen LogP contribution in [-0.4, -0.2) is 36.6 Å². The molecule has 0 aliphatic heterocycles. The fourth-order valence-corrected chi connectivity index (χ4v) is 6.02. The maximum Gasteiger partial charge on any atom is 0.236 e. The van der Waals surface area contributed by atoms with Gasteiger partial charge in [0.1, 0.15) is 5.01 Å². The quantitative estimate of drug-likeness (QED) is 0.513. The molecule has 0 atom stereocenters. The molecule has 1 N–H and O–H groups in total. The van der Waals surface area contributed by atoms with E-state index < -0.39 is 0 Å². The third kappa shape index (κ3) is 4.54. The van der Waals surface area contributed by atoms with E-state index in [1.165, 1.54) is 58.4 Å². The van der Waals surface area contributed by atoms with Crippen molar-refractivity contribution in [3.63, 3.8) is 0 Å². The van der Waals surface area contributed by atoms with Crippen LogP contribution in [0.15, 0.2) is 10.5 Å².